The van der Waals surface area contributed by atoms with Gasteiger partial charge in [-0.3, -0.25) is 4.40 Å². The molecule has 0 radical (unpaired) electrons. The molecule has 4 aromatic heterocycles. The smallest absolute Gasteiger partial charge is 0.307 e. The molecule has 0 atom stereocenters. The van der Waals surface area contributed by atoms with Crippen molar-refractivity contribution in [2.24, 2.45) is 0 Å². The molecule has 5 nitrogen and oxygen atoms in total. The van der Waals surface area contributed by atoms with Gasteiger partial charge in [0.2, 0.25) is 0 Å². The average molecular weight is 540 g/mol. The summed E-state index contributed by atoms with van der Waals surface area (Å²) in [7, 11) is 0. The molecule has 0 bridgehead atoms. The maximum atomic E-state index is 6.31. The molecule has 0 N–H and O–H groups in total. The molecular weight excluding hydrogens is 518 g/mol. The zero-order valence-electron chi connectivity index (χ0n) is 22.3. The number of furan rings is 1. The number of rotatable bonds is 2. The number of hydrogen-bond donors (Lipinski definition) is 0. The molecule has 0 spiro atoms. The summed E-state index contributed by atoms with van der Waals surface area (Å²) in [6, 6.07) is 44.6. The molecule has 6 aromatic carbocycles. The Hall–Kier alpha value is -5.81. The third kappa shape index (κ3) is 2.89. The van der Waals surface area contributed by atoms with Gasteiger partial charge >= 0.3 is 5.84 Å². The van der Waals surface area contributed by atoms with E-state index in [1.54, 1.807) is 0 Å². The Labute approximate surface area is 238 Å². The lowest BCUT2D eigenvalue weighted by molar-refractivity contribution is 0.643. The first-order chi connectivity index (χ1) is 20.8. The van der Waals surface area contributed by atoms with Crippen molar-refractivity contribution in [1.82, 2.24) is 14.0 Å². The van der Waals surface area contributed by atoms with Crippen molar-refractivity contribution in [3.63, 3.8) is 0 Å². The van der Waals surface area contributed by atoms with Crippen molar-refractivity contribution in [2.75, 3.05) is 0 Å². The average Bonchev–Trinajstić information content (AvgIpc) is 3.77. The van der Waals surface area contributed by atoms with Gasteiger partial charge in [0.15, 0.2) is 5.58 Å². The zero-order valence-corrected chi connectivity index (χ0v) is 22.3. The van der Waals surface area contributed by atoms with E-state index in [2.05, 4.69) is 118 Å². The van der Waals surface area contributed by atoms with E-state index in [0.717, 1.165) is 60.9 Å². The first kappa shape index (κ1) is 21.9. The summed E-state index contributed by atoms with van der Waals surface area (Å²) in [5.41, 5.74) is 11.3. The first-order valence-corrected chi connectivity index (χ1v) is 14.1. The predicted octanol–water partition coefficient (Wildman–Crippen LogP) is 9.90. The molecule has 10 aromatic rings. The highest BCUT2D eigenvalue weighted by atomic mass is 16.4. The number of para-hydroxylation sites is 4. The monoisotopic (exact) mass is 539 g/mol. The lowest BCUT2D eigenvalue weighted by Gasteiger charge is -2.08. The number of hydrogen-bond acceptors (Lipinski definition) is 3. The van der Waals surface area contributed by atoms with E-state index in [0.29, 0.717) is 5.84 Å². The molecule has 10 rings (SSSR count). The Bertz CT molecular complexity index is 2650. The molecule has 0 aliphatic rings. The largest absolute Gasteiger partial charge is 0.456 e. The molecule has 0 aliphatic heterocycles. The van der Waals surface area contributed by atoms with Crippen LogP contribution in [0.5, 0.6) is 0 Å². The van der Waals surface area contributed by atoms with Gasteiger partial charge in [-0.2, -0.15) is 4.98 Å². The van der Waals surface area contributed by atoms with E-state index in [4.69, 9.17) is 13.8 Å². The number of fused-ring (bicyclic) bond motifs is 11. The lowest BCUT2D eigenvalue weighted by atomic mass is 10.0. The normalized spacial score (nSPS) is 12.3. The van der Waals surface area contributed by atoms with Gasteiger partial charge in [-0.05, 0) is 77.9 Å². The van der Waals surface area contributed by atoms with Crippen LogP contribution in [-0.2, 0) is 0 Å². The van der Waals surface area contributed by atoms with Crippen molar-refractivity contribution >= 4 is 71.7 Å². The Balaban J connectivity index is 1.18. The van der Waals surface area contributed by atoms with Gasteiger partial charge in [-0.25, -0.2) is 0 Å². The van der Waals surface area contributed by atoms with Crippen LogP contribution in [0.4, 0.5) is 0 Å². The third-order valence-electron chi connectivity index (χ3n) is 8.56. The van der Waals surface area contributed by atoms with E-state index >= 15 is 0 Å². The minimum atomic E-state index is 0.609. The van der Waals surface area contributed by atoms with Crippen LogP contribution in [0.3, 0.4) is 0 Å². The van der Waals surface area contributed by atoms with E-state index in [-0.39, 0.29) is 0 Å². The van der Waals surface area contributed by atoms with Gasteiger partial charge in [0.25, 0.3) is 0 Å². The summed E-state index contributed by atoms with van der Waals surface area (Å²) in [6.07, 6.45) is 0. The molecule has 0 aliphatic carbocycles. The maximum absolute atomic E-state index is 6.31. The zero-order chi connectivity index (χ0) is 27.4. The van der Waals surface area contributed by atoms with E-state index in [9.17, 15) is 0 Å². The standard InChI is InChI=1S/C37H21N3O2/c1-3-9-30-25(7-1)26-8-2-4-10-31(26)39(30)24-15-18-35-28(21-24)27-19-22(14-17-34(27)41-35)23-13-16-29-33(20-23)40-32-11-5-6-12-36(32)42-37(40)38-29/h1-21H. The number of imidazole rings is 1. The fourth-order valence-electron chi connectivity index (χ4n) is 6.65. The van der Waals surface area contributed by atoms with Crippen LogP contribution in [0.15, 0.2) is 136 Å². The highest BCUT2D eigenvalue weighted by molar-refractivity contribution is 6.11. The second kappa shape index (κ2) is 7.89. The maximum Gasteiger partial charge on any atom is 0.307 e. The topological polar surface area (TPSA) is 48.5 Å². The van der Waals surface area contributed by atoms with Gasteiger partial charge in [-0.15, -0.1) is 0 Å². The van der Waals surface area contributed by atoms with Gasteiger partial charge in [-0.1, -0.05) is 60.7 Å². The number of nitrogens with zero attached hydrogens (tertiary/aromatic N) is 3. The Morgan fingerprint density at radius 1 is 0.452 bits per heavy atom. The molecule has 0 unspecified atom stereocenters. The van der Waals surface area contributed by atoms with Gasteiger partial charge in [0.05, 0.1) is 27.6 Å². The quantitative estimate of drug-likeness (QED) is 0.220. The lowest BCUT2D eigenvalue weighted by Crippen LogP contribution is -1.93. The summed E-state index contributed by atoms with van der Waals surface area (Å²) in [5.74, 6) is 0.609. The number of aromatic nitrogens is 3. The van der Waals surface area contributed by atoms with Gasteiger partial charge < -0.3 is 13.4 Å². The van der Waals surface area contributed by atoms with Gasteiger partial charge in [0, 0.05) is 27.2 Å². The van der Waals surface area contributed by atoms with Crippen LogP contribution in [-0.4, -0.2) is 14.0 Å². The molecule has 0 saturated carbocycles. The molecule has 42 heavy (non-hydrogen) atoms. The molecule has 4 heterocycles. The molecule has 5 heteroatoms. The second-order valence-corrected chi connectivity index (χ2v) is 10.9. The van der Waals surface area contributed by atoms with Crippen molar-refractivity contribution in [1.29, 1.82) is 0 Å². The Morgan fingerprint density at radius 3 is 1.90 bits per heavy atom. The first-order valence-electron chi connectivity index (χ1n) is 14.1. The summed E-state index contributed by atoms with van der Waals surface area (Å²) in [6.45, 7) is 0. The third-order valence-corrected chi connectivity index (χ3v) is 8.56. The Kier molecular flexibility index (Phi) is 4.12. The Morgan fingerprint density at radius 2 is 1.10 bits per heavy atom. The van der Waals surface area contributed by atoms with Crippen molar-refractivity contribution in [3.05, 3.63) is 127 Å². The van der Waals surface area contributed by atoms with E-state index in [1.165, 1.54) is 21.8 Å². The van der Waals surface area contributed by atoms with Crippen LogP contribution in [0.1, 0.15) is 0 Å². The second-order valence-electron chi connectivity index (χ2n) is 10.9. The molecule has 0 fully saturated rings. The van der Waals surface area contributed by atoms with Crippen molar-refractivity contribution in [2.45, 2.75) is 0 Å². The van der Waals surface area contributed by atoms with Gasteiger partial charge in [0.1, 0.15) is 11.2 Å². The number of oxazole rings is 1. The van der Waals surface area contributed by atoms with E-state index in [1.807, 2.05) is 18.2 Å². The molecule has 196 valence electrons. The minimum absolute atomic E-state index is 0.609. The fraction of sp³-hybridized carbons (Fsp3) is 0. The van der Waals surface area contributed by atoms with Crippen molar-refractivity contribution in [3.8, 4) is 16.8 Å². The summed E-state index contributed by atoms with van der Waals surface area (Å²) in [4.78, 5) is 4.73. The van der Waals surface area contributed by atoms with Crippen LogP contribution < -0.4 is 0 Å². The summed E-state index contributed by atoms with van der Waals surface area (Å²) >= 11 is 0. The minimum Gasteiger partial charge on any atom is -0.456 e. The van der Waals surface area contributed by atoms with Crippen LogP contribution in [0.2, 0.25) is 0 Å². The highest BCUT2D eigenvalue weighted by Gasteiger charge is 2.16. The molecule has 0 saturated heterocycles. The number of benzene rings is 6. The highest BCUT2D eigenvalue weighted by Crippen LogP contribution is 2.37. The van der Waals surface area contributed by atoms with Crippen LogP contribution in [0.25, 0.3) is 88.5 Å². The fourth-order valence-corrected chi connectivity index (χ4v) is 6.65. The van der Waals surface area contributed by atoms with Crippen molar-refractivity contribution < 1.29 is 8.83 Å². The summed E-state index contributed by atoms with van der Waals surface area (Å²) in [5, 5.41) is 4.70. The van der Waals surface area contributed by atoms with Crippen LogP contribution >= 0.6 is 0 Å². The molecule has 0 amide bonds. The molecular formula is C37H21N3O2. The SMILES string of the molecule is c1ccc2c(c1)oc1nc3ccc(-c4ccc5oc6ccc(-n7c8ccccc8c8ccccc87)cc6c5c4)cc3n12. The summed E-state index contributed by atoms with van der Waals surface area (Å²) < 4.78 is 16.8. The predicted molar refractivity (Wildman–Crippen MR) is 170 cm³/mol. The van der Waals surface area contributed by atoms with E-state index < -0.39 is 0 Å². The van der Waals surface area contributed by atoms with Crippen LogP contribution in [0, 0.1) is 0 Å².